The third-order valence-electron chi connectivity index (χ3n) is 5.60. The molecule has 3 aromatic rings. The lowest BCUT2D eigenvalue weighted by Crippen LogP contribution is -2.47. The van der Waals surface area contributed by atoms with Crippen LogP contribution >= 0.6 is 0 Å². The minimum atomic E-state index is 0.120. The molecule has 0 saturated carbocycles. The predicted molar refractivity (Wildman–Crippen MR) is 113 cm³/mol. The number of rotatable bonds is 6. The summed E-state index contributed by atoms with van der Waals surface area (Å²) in [5.74, 6) is 0.120. The topological polar surface area (TPSA) is 34.5 Å². The molecule has 1 aliphatic rings. The van der Waals surface area contributed by atoms with Crippen LogP contribution in [0.2, 0.25) is 0 Å². The molecule has 0 radical (unpaired) electrons. The van der Waals surface area contributed by atoms with Crippen molar-refractivity contribution in [2.45, 2.75) is 38.8 Å². The van der Waals surface area contributed by atoms with Gasteiger partial charge in [0.2, 0.25) is 0 Å². The number of nitrogens with zero attached hydrogens (tertiary/aromatic N) is 2. The number of aromatic nitrogens is 1. The monoisotopic (exact) mass is 376 g/mol. The predicted octanol–water partition coefficient (Wildman–Crippen LogP) is 4.53. The van der Waals surface area contributed by atoms with E-state index in [2.05, 4.69) is 66.2 Å². The molecule has 4 nitrogen and oxygen atoms in total. The van der Waals surface area contributed by atoms with Crippen molar-refractivity contribution in [3.05, 3.63) is 71.9 Å². The molecule has 146 valence electrons. The Bertz CT molecular complexity index is 932. The first-order valence-electron chi connectivity index (χ1n) is 10.2. The second-order valence-corrected chi connectivity index (χ2v) is 7.62. The van der Waals surface area contributed by atoms with E-state index < -0.39 is 0 Å². The summed E-state index contributed by atoms with van der Waals surface area (Å²) in [6.45, 7) is 4.88. The molecule has 2 heterocycles. The molecule has 4 rings (SSSR count). The quantitative estimate of drug-likeness (QED) is 0.593. The summed E-state index contributed by atoms with van der Waals surface area (Å²) in [7, 11) is 0. The van der Waals surface area contributed by atoms with Crippen molar-refractivity contribution in [1.29, 1.82) is 0 Å². The van der Waals surface area contributed by atoms with Crippen LogP contribution in [-0.2, 0) is 17.7 Å². The molecule has 1 aliphatic heterocycles. The third-order valence-corrected chi connectivity index (χ3v) is 5.60. The zero-order valence-electron chi connectivity index (χ0n) is 16.5. The highest BCUT2D eigenvalue weighted by Gasteiger charge is 2.27. The van der Waals surface area contributed by atoms with Gasteiger partial charge in [-0.2, -0.15) is 0 Å². The number of fused-ring (bicyclic) bond motifs is 1. The van der Waals surface area contributed by atoms with Crippen molar-refractivity contribution >= 4 is 16.8 Å². The Labute approximate surface area is 166 Å². The second-order valence-electron chi connectivity index (χ2n) is 7.62. The van der Waals surface area contributed by atoms with E-state index in [0.717, 1.165) is 42.3 Å². The Hall–Kier alpha value is -2.59. The summed E-state index contributed by atoms with van der Waals surface area (Å²) in [5, 5.41) is 1.05. The van der Waals surface area contributed by atoms with Gasteiger partial charge in [-0.3, -0.25) is 4.79 Å². The summed E-state index contributed by atoms with van der Waals surface area (Å²) in [5.41, 5.74) is 3.34. The fraction of sp³-hybridized carbons (Fsp3) is 0.375. The first-order valence-corrected chi connectivity index (χ1v) is 10.2. The summed E-state index contributed by atoms with van der Waals surface area (Å²) >= 11 is 0. The van der Waals surface area contributed by atoms with Crippen LogP contribution < -0.4 is 0 Å². The number of para-hydroxylation sites is 1. The minimum absolute atomic E-state index is 0.120. The van der Waals surface area contributed by atoms with E-state index in [4.69, 9.17) is 4.74 Å². The number of benzene rings is 2. The van der Waals surface area contributed by atoms with Crippen LogP contribution in [0.15, 0.2) is 60.8 Å². The molecule has 0 spiro atoms. The summed E-state index contributed by atoms with van der Waals surface area (Å²) < 4.78 is 7.74. The van der Waals surface area contributed by atoms with E-state index in [9.17, 15) is 4.79 Å². The largest absolute Gasteiger partial charge is 0.377 e. The summed E-state index contributed by atoms with van der Waals surface area (Å²) in [4.78, 5) is 15.2. The molecular weight excluding hydrogens is 348 g/mol. The fourth-order valence-electron chi connectivity index (χ4n) is 4.04. The van der Waals surface area contributed by atoms with Gasteiger partial charge in [-0.1, -0.05) is 48.5 Å². The molecule has 28 heavy (non-hydrogen) atoms. The molecule has 1 fully saturated rings. The number of carbonyl (C=O) groups excluding carboxylic acids is 1. The molecule has 0 unspecified atom stereocenters. The van der Waals surface area contributed by atoms with Gasteiger partial charge in [0.05, 0.1) is 24.8 Å². The molecule has 1 amide bonds. The first kappa shape index (κ1) is 18.8. The van der Waals surface area contributed by atoms with Gasteiger partial charge in [-0.25, -0.2) is 0 Å². The summed E-state index contributed by atoms with van der Waals surface area (Å²) in [6.07, 6.45) is 5.38. The maximum atomic E-state index is 13.2. The Morgan fingerprint density at radius 3 is 2.68 bits per heavy atom. The fourth-order valence-corrected chi connectivity index (χ4v) is 4.04. The highest BCUT2D eigenvalue weighted by Crippen LogP contribution is 2.24. The molecule has 0 N–H and O–H groups in total. The van der Waals surface area contributed by atoms with E-state index in [0.29, 0.717) is 19.8 Å². The van der Waals surface area contributed by atoms with Gasteiger partial charge in [-0.15, -0.1) is 0 Å². The lowest BCUT2D eigenvalue weighted by molar-refractivity contribution is 0.00369. The zero-order valence-corrected chi connectivity index (χ0v) is 16.5. The van der Waals surface area contributed by atoms with Gasteiger partial charge in [0.1, 0.15) is 0 Å². The van der Waals surface area contributed by atoms with Crippen LogP contribution in [0.25, 0.3) is 10.9 Å². The van der Waals surface area contributed by atoms with Crippen molar-refractivity contribution < 1.29 is 9.53 Å². The highest BCUT2D eigenvalue weighted by molar-refractivity contribution is 6.07. The SMILES string of the molecule is C[C@@H]1COCCN1C(=O)c1cn(CCCCc2ccccc2)c2ccccc12. The number of aryl methyl sites for hydroxylation is 2. The van der Waals surface area contributed by atoms with Crippen molar-refractivity contribution in [2.24, 2.45) is 0 Å². The number of morpholine rings is 1. The highest BCUT2D eigenvalue weighted by atomic mass is 16.5. The lowest BCUT2D eigenvalue weighted by Gasteiger charge is -2.33. The lowest BCUT2D eigenvalue weighted by atomic mass is 10.1. The zero-order chi connectivity index (χ0) is 19.3. The molecule has 1 atom stereocenters. The standard InChI is InChI=1S/C24H28N2O2/c1-19-18-28-16-15-26(19)24(27)22-17-25(23-13-6-5-12-21(22)23)14-8-7-11-20-9-3-2-4-10-20/h2-6,9-10,12-13,17,19H,7-8,11,14-16,18H2,1H3/t19-/m1/s1. The average Bonchev–Trinajstić information content (AvgIpc) is 3.11. The second kappa shape index (κ2) is 8.61. The number of amides is 1. The number of unbranched alkanes of at least 4 members (excludes halogenated alkanes) is 1. The van der Waals surface area contributed by atoms with E-state index in [-0.39, 0.29) is 11.9 Å². The molecule has 4 heteroatoms. The Morgan fingerprint density at radius 2 is 1.86 bits per heavy atom. The van der Waals surface area contributed by atoms with Gasteiger partial charge < -0.3 is 14.2 Å². The Morgan fingerprint density at radius 1 is 1.07 bits per heavy atom. The van der Waals surface area contributed by atoms with Gasteiger partial charge in [0.15, 0.2) is 0 Å². The number of ether oxygens (including phenoxy) is 1. The Kier molecular flexibility index (Phi) is 5.77. The van der Waals surface area contributed by atoms with Crippen LogP contribution in [0.5, 0.6) is 0 Å². The number of hydrogen-bond acceptors (Lipinski definition) is 2. The minimum Gasteiger partial charge on any atom is -0.377 e. The van der Waals surface area contributed by atoms with Crippen LogP contribution in [-0.4, -0.2) is 41.2 Å². The summed E-state index contributed by atoms with van der Waals surface area (Å²) in [6, 6.07) is 19.0. The molecule has 0 aliphatic carbocycles. The van der Waals surface area contributed by atoms with E-state index in [1.54, 1.807) is 0 Å². The molecular formula is C24H28N2O2. The van der Waals surface area contributed by atoms with Crippen molar-refractivity contribution in [2.75, 3.05) is 19.8 Å². The average molecular weight is 377 g/mol. The smallest absolute Gasteiger partial charge is 0.256 e. The Balaban J connectivity index is 1.49. The van der Waals surface area contributed by atoms with Crippen LogP contribution in [0.1, 0.15) is 35.7 Å². The first-order chi connectivity index (χ1) is 13.7. The van der Waals surface area contributed by atoms with E-state index in [1.165, 1.54) is 5.56 Å². The molecule has 2 aromatic carbocycles. The van der Waals surface area contributed by atoms with Crippen LogP contribution in [0.3, 0.4) is 0 Å². The van der Waals surface area contributed by atoms with Gasteiger partial charge in [0, 0.05) is 30.2 Å². The van der Waals surface area contributed by atoms with E-state index in [1.807, 2.05) is 11.0 Å². The number of carbonyl (C=O) groups is 1. The molecule has 0 bridgehead atoms. The third kappa shape index (κ3) is 3.97. The molecule has 1 aromatic heterocycles. The van der Waals surface area contributed by atoms with E-state index >= 15 is 0 Å². The van der Waals surface area contributed by atoms with Gasteiger partial charge in [-0.05, 0) is 37.8 Å². The van der Waals surface area contributed by atoms with Crippen molar-refractivity contribution in [3.63, 3.8) is 0 Å². The van der Waals surface area contributed by atoms with Crippen LogP contribution in [0.4, 0.5) is 0 Å². The van der Waals surface area contributed by atoms with Crippen LogP contribution in [0, 0.1) is 0 Å². The van der Waals surface area contributed by atoms with Gasteiger partial charge >= 0.3 is 0 Å². The molecule has 1 saturated heterocycles. The maximum absolute atomic E-state index is 13.2. The normalized spacial score (nSPS) is 17.2. The van der Waals surface area contributed by atoms with Crippen molar-refractivity contribution in [1.82, 2.24) is 9.47 Å². The number of hydrogen-bond donors (Lipinski definition) is 0. The van der Waals surface area contributed by atoms with Crippen molar-refractivity contribution in [3.8, 4) is 0 Å². The maximum Gasteiger partial charge on any atom is 0.256 e. The van der Waals surface area contributed by atoms with Gasteiger partial charge in [0.25, 0.3) is 5.91 Å².